The van der Waals surface area contributed by atoms with Crippen molar-refractivity contribution in [1.82, 2.24) is 9.03 Å². The topological polar surface area (TPSA) is 145 Å². The third-order valence-electron chi connectivity index (χ3n) is 4.07. The molecule has 1 aliphatic heterocycles. The highest BCUT2D eigenvalue weighted by atomic mass is 32.3. The standard InChI is InChI=1S/C17H19N3O7S/c21-16-10-19(28(25,26)18-16)9-12-4-6-14(7-5-12)17(22)27-11-13-2-1-3-15(8-13)20(23)24/h1-8,16,18,21,25-26H,9-11H2. The summed E-state index contributed by atoms with van der Waals surface area (Å²) in [5.74, 6) is -0.583. The normalized spacial score (nSPS) is 19.9. The van der Waals surface area contributed by atoms with Gasteiger partial charge in [-0.25, -0.2) is 4.79 Å². The molecule has 10 nitrogen and oxygen atoms in total. The molecule has 0 aromatic heterocycles. The van der Waals surface area contributed by atoms with Gasteiger partial charge in [-0.1, -0.05) is 35.2 Å². The lowest BCUT2D eigenvalue weighted by atomic mass is 10.1. The summed E-state index contributed by atoms with van der Waals surface area (Å²) in [4.78, 5) is 22.4. The first kappa shape index (κ1) is 20.2. The molecular weight excluding hydrogens is 390 g/mol. The van der Waals surface area contributed by atoms with Crippen LogP contribution in [0, 0.1) is 10.1 Å². The minimum atomic E-state index is -3.22. The first-order valence-electron chi connectivity index (χ1n) is 8.22. The van der Waals surface area contributed by atoms with Gasteiger partial charge in [0, 0.05) is 18.7 Å². The van der Waals surface area contributed by atoms with Crippen molar-refractivity contribution >= 4 is 22.6 Å². The van der Waals surface area contributed by atoms with Gasteiger partial charge in [0.15, 0.2) is 0 Å². The highest BCUT2D eigenvalue weighted by Crippen LogP contribution is 2.44. The van der Waals surface area contributed by atoms with E-state index in [-0.39, 0.29) is 25.4 Å². The van der Waals surface area contributed by atoms with E-state index in [2.05, 4.69) is 4.72 Å². The number of nitrogens with one attached hydrogen (secondary N) is 1. The monoisotopic (exact) mass is 409 g/mol. The third kappa shape index (κ3) is 4.84. The van der Waals surface area contributed by atoms with Gasteiger partial charge in [0.05, 0.1) is 17.0 Å². The highest BCUT2D eigenvalue weighted by Gasteiger charge is 2.34. The number of hydrogen-bond acceptors (Lipinski definition) is 9. The first-order valence-corrected chi connectivity index (χ1v) is 9.73. The minimum absolute atomic E-state index is 0.0648. The summed E-state index contributed by atoms with van der Waals surface area (Å²) in [7, 11) is -3.22. The fraction of sp³-hybridized carbons (Fsp3) is 0.235. The fourth-order valence-electron chi connectivity index (χ4n) is 2.69. The van der Waals surface area contributed by atoms with Crippen LogP contribution >= 0.6 is 11.0 Å². The lowest BCUT2D eigenvalue weighted by molar-refractivity contribution is -0.384. The number of nitro groups is 1. The van der Waals surface area contributed by atoms with Gasteiger partial charge < -0.3 is 9.84 Å². The number of rotatable bonds is 6. The molecule has 1 fully saturated rings. The number of β-amino-alcohol motifs (C(OH)–C–C–N with tert-alkyl or cyclic N) is 1. The Hall–Kier alpha value is -2.54. The number of nitrogens with zero attached hydrogens (tertiary/aromatic N) is 2. The number of hydrogen-bond donors (Lipinski definition) is 4. The molecule has 4 N–H and O–H groups in total. The van der Waals surface area contributed by atoms with Crippen molar-refractivity contribution in [3.05, 3.63) is 75.3 Å². The van der Waals surface area contributed by atoms with E-state index in [1.807, 2.05) is 0 Å². The molecule has 0 bridgehead atoms. The van der Waals surface area contributed by atoms with Crippen molar-refractivity contribution in [3.8, 4) is 0 Å². The Morgan fingerprint density at radius 2 is 1.96 bits per heavy atom. The van der Waals surface area contributed by atoms with E-state index in [0.29, 0.717) is 16.7 Å². The predicted octanol–water partition coefficient (Wildman–Crippen LogP) is 2.26. The third-order valence-corrected chi connectivity index (χ3v) is 5.66. The van der Waals surface area contributed by atoms with Crippen molar-refractivity contribution in [2.75, 3.05) is 6.54 Å². The molecule has 2 aromatic carbocycles. The molecule has 0 radical (unpaired) electrons. The maximum atomic E-state index is 12.2. The molecule has 28 heavy (non-hydrogen) atoms. The van der Waals surface area contributed by atoms with E-state index in [0.717, 1.165) is 0 Å². The average molecular weight is 409 g/mol. The number of aliphatic hydroxyl groups is 1. The summed E-state index contributed by atoms with van der Waals surface area (Å²) in [5, 5.41) is 20.3. The molecule has 0 spiro atoms. The van der Waals surface area contributed by atoms with E-state index in [9.17, 15) is 29.1 Å². The number of carbonyl (C=O) groups is 1. The lowest BCUT2D eigenvalue weighted by Crippen LogP contribution is -2.25. The Bertz CT molecular complexity index is 875. The average Bonchev–Trinajstić information content (AvgIpc) is 2.91. The van der Waals surface area contributed by atoms with Gasteiger partial charge in [0.25, 0.3) is 5.69 Å². The second kappa shape index (κ2) is 8.22. The smallest absolute Gasteiger partial charge is 0.338 e. The van der Waals surface area contributed by atoms with Gasteiger partial charge in [0.2, 0.25) is 0 Å². The molecule has 0 saturated carbocycles. The maximum absolute atomic E-state index is 12.2. The van der Waals surface area contributed by atoms with E-state index < -0.39 is 28.1 Å². The van der Waals surface area contributed by atoms with Crippen molar-refractivity contribution in [2.24, 2.45) is 0 Å². The van der Waals surface area contributed by atoms with Crippen LogP contribution in [-0.4, -0.2) is 42.2 Å². The molecule has 11 heteroatoms. The molecule has 1 saturated heterocycles. The van der Waals surface area contributed by atoms with Gasteiger partial charge in [-0.15, -0.1) is 0 Å². The zero-order chi connectivity index (χ0) is 20.3. The Balaban J connectivity index is 1.58. The summed E-state index contributed by atoms with van der Waals surface area (Å²) in [6, 6.07) is 12.2. The Kier molecular flexibility index (Phi) is 5.93. The second-order valence-corrected chi connectivity index (χ2v) is 7.96. The number of esters is 1. The second-order valence-electron chi connectivity index (χ2n) is 6.18. The van der Waals surface area contributed by atoms with Crippen LogP contribution in [0.3, 0.4) is 0 Å². The Morgan fingerprint density at radius 1 is 1.25 bits per heavy atom. The molecule has 1 aliphatic rings. The van der Waals surface area contributed by atoms with Crippen molar-refractivity contribution in [3.63, 3.8) is 0 Å². The number of aliphatic hydroxyl groups excluding tert-OH is 1. The van der Waals surface area contributed by atoms with Crippen molar-refractivity contribution in [2.45, 2.75) is 19.4 Å². The predicted molar refractivity (Wildman–Crippen MR) is 101 cm³/mol. The zero-order valence-electron chi connectivity index (χ0n) is 14.6. The zero-order valence-corrected chi connectivity index (χ0v) is 15.4. The van der Waals surface area contributed by atoms with E-state index in [1.54, 1.807) is 18.2 Å². The van der Waals surface area contributed by atoms with Crippen LogP contribution in [0.4, 0.5) is 5.69 Å². The quantitative estimate of drug-likeness (QED) is 0.320. The van der Waals surface area contributed by atoms with Crippen LogP contribution in [0.15, 0.2) is 48.5 Å². The summed E-state index contributed by atoms with van der Waals surface area (Å²) in [5.41, 5.74) is 1.43. The maximum Gasteiger partial charge on any atom is 0.338 e. The van der Waals surface area contributed by atoms with Crippen LogP contribution in [0.25, 0.3) is 0 Å². The summed E-state index contributed by atoms with van der Waals surface area (Å²) in [6.07, 6.45) is -1.02. The highest BCUT2D eigenvalue weighted by molar-refractivity contribution is 8.20. The fourth-order valence-corrected chi connectivity index (χ4v) is 3.95. The molecule has 1 unspecified atom stereocenters. The molecule has 0 amide bonds. The summed E-state index contributed by atoms with van der Waals surface area (Å²) < 4.78 is 28.5. The van der Waals surface area contributed by atoms with Crippen LogP contribution in [0.1, 0.15) is 21.5 Å². The largest absolute Gasteiger partial charge is 0.457 e. The molecule has 1 heterocycles. The molecule has 2 aromatic rings. The van der Waals surface area contributed by atoms with Crippen LogP contribution < -0.4 is 4.72 Å². The number of nitro benzene ring substituents is 1. The minimum Gasteiger partial charge on any atom is -0.457 e. The SMILES string of the molecule is O=C(OCc1cccc([N+](=O)[O-])c1)c1ccc(CN2CC(O)NS2(O)O)cc1. The molecule has 150 valence electrons. The number of carbonyl (C=O) groups excluding carboxylic acids is 1. The van der Waals surface area contributed by atoms with Crippen molar-refractivity contribution in [1.29, 1.82) is 0 Å². The van der Waals surface area contributed by atoms with E-state index >= 15 is 0 Å². The van der Waals surface area contributed by atoms with E-state index in [1.165, 1.54) is 34.6 Å². The Labute approximate surface area is 162 Å². The van der Waals surface area contributed by atoms with Crippen LogP contribution in [0.2, 0.25) is 0 Å². The van der Waals surface area contributed by atoms with Gasteiger partial charge >= 0.3 is 5.97 Å². The molecular formula is C17H19N3O7S. The summed E-state index contributed by atoms with van der Waals surface area (Å²) >= 11 is 0. The molecule has 3 rings (SSSR count). The summed E-state index contributed by atoms with van der Waals surface area (Å²) in [6.45, 7) is 0.144. The van der Waals surface area contributed by atoms with Gasteiger partial charge in [-0.2, -0.15) is 9.03 Å². The van der Waals surface area contributed by atoms with Crippen LogP contribution in [0.5, 0.6) is 0 Å². The lowest BCUT2D eigenvalue weighted by Gasteiger charge is -2.35. The number of ether oxygens (including phenoxy) is 1. The van der Waals surface area contributed by atoms with Crippen molar-refractivity contribution < 1.29 is 28.7 Å². The van der Waals surface area contributed by atoms with E-state index in [4.69, 9.17) is 4.74 Å². The van der Waals surface area contributed by atoms with Crippen LogP contribution in [-0.2, 0) is 17.9 Å². The number of benzene rings is 2. The number of non-ortho nitro benzene ring substituents is 1. The molecule has 0 aliphatic carbocycles. The Morgan fingerprint density at radius 3 is 2.57 bits per heavy atom. The molecule has 1 atom stereocenters. The first-order chi connectivity index (χ1) is 13.2. The van der Waals surface area contributed by atoms with Gasteiger partial charge in [-0.05, 0) is 23.3 Å². The van der Waals surface area contributed by atoms with Gasteiger partial charge in [-0.3, -0.25) is 19.2 Å². The van der Waals surface area contributed by atoms with Gasteiger partial charge in [0.1, 0.15) is 12.8 Å².